The smallest absolute Gasteiger partial charge is 0.256 e. The highest BCUT2D eigenvalue weighted by Gasteiger charge is 2.42. The van der Waals surface area contributed by atoms with Gasteiger partial charge in [0.05, 0.1) is 19.9 Å². The summed E-state index contributed by atoms with van der Waals surface area (Å²) in [5.74, 6) is 0.967. The fourth-order valence-corrected chi connectivity index (χ4v) is 3.56. The van der Waals surface area contributed by atoms with E-state index in [9.17, 15) is 9.90 Å². The SMILES string of the molecule is COc1cccc(CN2CCC[C@](O)(CNCc3ccccn3)C2=O)c1OC. The van der Waals surface area contributed by atoms with Crippen molar-refractivity contribution in [2.24, 2.45) is 0 Å². The molecule has 0 saturated carbocycles. The minimum atomic E-state index is -1.42. The minimum Gasteiger partial charge on any atom is -0.493 e. The van der Waals surface area contributed by atoms with Crippen LogP contribution in [0.25, 0.3) is 0 Å². The lowest BCUT2D eigenvalue weighted by atomic mass is 9.91. The number of likely N-dealkylation sites (tertiary alicyclic amines) is 1. The van der Waals surface area contributed by atoms with Gasteiger partial charge in [0.25, 0.3) is 5.91 Å². The number of aliphatic hydroxyl groups is 1. The number of rotatable bonds is 8. The van der Waals surface area contributed by atoms with E-state index in [1.54, 1.807) is 25.3 Å². The first-order chi connectivity index (χ1) is 13.6. The molecule has 2 heterocycles. The maximum Gasteiger partial charge on any atom is 0.256 e. The van der Waals surface area contributed by atoms with Crippen LogP contribution in [0, 0.1) is 0 Å². The first-order valence-corrected chi connectivity index (χ1v) is 9.39. The van der Waals surface area contributed by atoms with Crippen LogP contribution in [0.4, 0.5) is 0 Å². The molecule has 28 heavy (non-hydrogen) atoms. The van der Waals surface area contributed by atoms with Gasteiger partial charge in [0.2, 0.25) is 0 Å². The van der Waals surface area contributed by atoms with E-state index in [0.717, 1.165) is 17.7 Å². The molecule has 2 N–H and O–H groups in total. The maximum atomic E-state index is 13.0. The lowest BCUT2D eigenvalue weighted by Gasteiger charge is -2.38. The lowest BCUT2D eigenvalue weighted by molar-refractivity contribution is -0.157. The maximum absolute atomic E-state index is 13.0. The van der Waals surface area contributed by atoms with E-state index in [0.29, 0.717) is 37.6 Å². The van der Waals surface area contributed by atoms with Crippen LogP contribution in [0.3, 0.4) is 0 Å². The van der Waals surface area contributed by atoms with E-state index in [1.165, 1.54) is 0 Å². The van der Waals surface area contributed by atoms with Gasteiger partial charge >= 0.3 is 0 Å². The summed E-state index contributed by atoms with van der Waals surface area (Å²) in [5, 5.41) is 14.1. The summed E-state index contributed by atoms with van der Waals surface area (Å²) >= 11 is 0. The van der Waals surface area contributed by atoms with Crippen molar-refractivity contribution >= 4 is 5.91 Å². The number of hydrogen-bond donors (Lipinski definition) is 2. The van der Waals surface area contributed by atoms with Crippen molar-refractivity contribution in [1.82, 2.24) is 15.2 Å². The molecule has 1 fully saturated rings. The highest BCUT2D eigenvalue weighted by Crippen LogP contribution is 2.33. The largest absolute Gasteiger partial charge is 0.493 e. The number of nitrogens with one attached hydrogen (secondary N) is 1. The number of carbonyl (C=O) groups is 1. The van der Waals surface area contributed by atoms with E-state index < -0.39 is 5.60 Å². The predicted molar refractivity (Wildman–Crippen MR) is 105 cm³/mol. The first kappa shape index (κ1) is 20.1. The van der Waals surface area contributed by atoms with E-state index in [4.69, 9.17) is 9.47 Å². The molecular formula is C21H27N3O4. The number of pyridine rings is 1. The quantitative estimate of drug-likeness (QED) is 0.720. The Balaban J connectivity index is 1.66. The highest BCUT2D eigenvalue weighted by atomic mass is 16.5. The second-order valence-corrected chi connectivity index (χ2v) is 6.94. The number of para-hydroxylation sites is 1. The standard InChI is InChI=1S/C21H27N3O4/c1-27-18-9-5-7-16(19(18)28-2)14-24-12-6-10-21(26,20(24)25)15-22-13-17-8-3-4-11-23-17/h3-5,7-9,11,22,26H,6,10,12-15H2,1-2H3/t21-/m0/s1. The zero-order chi connectivity index (χ0) is 20.0. The fraction of sp³-hybridized carbons (Fsp3) is 0.429. The summed E-state index contributed by atoms with van der Waals surface area (Å²) in [7, 11) is 3.16. The number of piperidine rings is 1. The molecule has 1 atom stereocenters. The summed E-state index contributed by atoms with van der Waals surface area (Å²) in [5.41, 5.74) is 0.298. The van der Waals surface area contributed by atoms with Crippen LogP contribution in [0.15, 0.2) is 42.6 Å². The number of carbonyl (C=O) groups excluding carboxylic acids is 1. The van der Waals surface area contributed by atoms with Gasteiger partial charge in [-0.3, -0.25) is 9.78 Å². The minimum absolute atomic E-state index is 0.189. The molecule has 0 radical (unpaired) electrons. The van der Waals surface area contributed by atoms with Gasteiger partial charge in [0.15, 0.2) is 17.1 Å². The van der Waals surface area contributed by atoms with Gasteiger partial charge in [0, 0.05) is 37.9 Å². The summed E-state index contributed by atoms with van der Waals surface area (Å²) in [6.07, 6.45) is 2.90. The normalized spacial score (nSPS) is 19.5. The van der Waals surface area contributed by atoms with Crippen molar-refractivity contribution in [2.75, 3.05) is 27.3 Å². The van der Waals surface area contributed by atoms with Crippen LogP contribution < -0.4 is 14.8 Å². The Morgan fingerprint density at radius 2 is 2.07 bits per heavy atom. The zero-order valence-corrected chi connectivity index (χ0v) is 16.4. The van der Waals surface area contributed by atoms with Crippen LogP contribution in [-0.4, -0.2) is 53.8 Å². The van der Waals surface area contributed by atoms with Crippen molar-refractivity contribution in [3.05, 3.63) is 53.9 Å². The molecule has 7 nitrogen and oxygen atoms in total. The van der Waals surface area contributed by atoms with E-state index in [1.807, 2.05) is 36.4 Å². The van der Waals surface area contributed by atoms with Gasteiger partial charge < -0.3 is 24.8 Å². The monoisotopic (exact) mass is 385 g/mol. The molecular weight excluding hydrogens is 358 g/mol. The number of amides is 1. The third kappa shape index (κ3) is 4.43. The topological polar surface area (TPSA) is 83.9 Å². The van der Waals surface area contributed by atoms with Crippen molar-refractivity contribution in [3.8, 4) is 11.5 Å². The van der Waals surface area contributed by atoms with Gasteiger partial charge in [-0.2, -0.15) is 0 Å². The molecule has 3 rings (SSSR count). The summed E-state index contributed by atoms with van der Waals surface area (Å²) in [6.45, 7) is 1.65. The van der Waals surface area contributed by atoms with Crippen LogP contribution in [0.1, 0.15) is 24.1 Å². The van der Waals surface area contributed by atoms with Crippen molar-refractivity contribution in [1.29, 1.82) is 0 Å². The number of aromatic nitrogens is 1. The second-order valence-electron chi connectivity index (χ2n) is 6.94. The van der Waals surface area contributed by atoms with Gasteiger partial charge in [-0.25, -0.2) is 0 Å². The molecule has 2 aromatic rings. The average molecular weight is 385 g/mol. The van der Waals surface area contributed by atoms with Crippen LogP contribution in [0.2, 0.25) is 0 Å². The predicted octanol–water partition coefficient (Wildman–Crippen LogP) is 1.74. The third-order valence-corrected chi connectivity index (χ3v) is 5.00. The number of hydrogen-bond acceptors (Lipinski definition) is 6. The molecule has 1 aliphatic rings. The van der Waals surface area contributed by atoms with Gasteiger partial charge in [-0.1, -0.05) is 18.2 Å². The molecule has 0 unspecified atom stereocenters. The molecule has 1 aromatic heterocycles. The lowest BCUT2D eigenvalue weighted by Crippen LogP contribution is -2.57. The number of nitrogens with zero attached hydrogens (tertiary/aromatic N) is 2. The van der Waals surface area contributed by atoms with Crippen molar-refractivity contribution in [2.45, 2.75) is 31.5 Å². The zero-order valence-electron chi connectivity index (χ0n) is 16.4. The summed E-state index contributed by atoms with van der Waals surface area (Å²) in [4.78, 5) is 18.9. The van der Waals surface area contributed by atoms with E-state index in [2.05, 4.69) is 10.3 Å². The molecule has 0 aliphatic carbocycles. The van der Waals surface area contributed by atoms with Gasteiger partial charge in [-0.05, 0) is 31.0 Å². The molecule has 150 valence electrons. The Labute approximate surface area is 165 Å². The molecule has 1 aliphatic heterocycles. The van der Waals surface area contributed by atoms with Gasteiger partial charge in [-0.15, -0.1) is 0 Å². The van der Waals surface area contributed by atoms with Crippen LogP contribution >= 0.6 is 0 Å². The van der Waals surface area contributed by atoms with Crippen LogP contribution in [-0.2, 0) is 17.9 Å². The molecule has 1 aromatic carbocycles. The first-order valence-electron chi connectivity index (χ1n) is 9.39. The molecule has 0 spiro atoms. The summed E-state index contributed by atoms with van der Waals surface area (Å²) < 4.78 is 10.8. The second kappa shape index (κ2) is 9.03. The highest BCUT2D eigenvalue weighted by molar-refractivity contribution is 5.86. The Kier molecular flexibility index (Phi) is 6.49. The van der Waals surface area contributed by atoms with Crippen molar-refractivity contribution < 1.29 is 19.4 Å². The van der Waals surface area contributed by atoms with Gasteiger partial charge in [0.1, 0.15) is 0 Å². The molecule has 1 amide bonds. The Hall–Kier alpha value is -2.64. The Morgan fingerprint density at radius 1 is 1.21 bits per heavy atom. The number of benzene rings is 1. The number of methoxy groups -OCH3 is 2. The average Bonchev–Trinajstić information content (AvgIpc) is 2.72. The Bertz CT molecular complexity index is 799. The van der Waals surface area contributed by atoms with Crippen LogP contribution in [0.5, 0.6) is 11.5 Å². The molecule has 1 saturated heterocycles. The van der Waals surface area contributed by atoms with Crippen molar-refractivity contribution in [3.63, 3.8) is 0 Å². The van der Waals surface area contributed by atoms with E-state index in [-0.39, 0.29) is 12.5 Å². The fourth-order valence-electron chi connectivity index (χ4n) is 3.56. The summed E-state index contributed by atoms with van der Waals surface area (Å²) in [6, 6.07) is 11.3. The molecule has 7 heteroatoms. The Morgan fingerprint density at radius 3 is 2.79 bits per heavy atom. The third-order valence-electron chi connectivity index (χ3n) is 5.00. The number of ether oxygens (including phenoxy) is 2. The van der Waals surface area contributed by atoms with E-state index >= 15 is 0 Å². The molecule has 0 bridgehead atoms.